The van der Waals surface area contributed by atoms with Crippen LogP contribution < -0.4 is 5.73 Å². The molecular formula is C2H3Cl2NO. The van der Waals surface area contributed by atoms with Crippen molar-refractivity contribution in [3.63, 3.8) is 0 Å². The van der Waals surface area contributed by atoms with Crippen LogP contribution in [0.15, 0.2) is 0 Å². The molecule has 0 aliphatic rings. The average molecular weight is 128 g/mol. The number of halogens is 2. The molecule has 0 rings (SSSR count). The van der Waals surface area contributed by atoms with Crippen LogP contribution in [-0.4, -0.2) is 10.7 Å². The largest absolute Gasteiger partial charge is 0.308 e. The van der Waals surface area contributed by atoms with Gasteiger partial charge in [-0.25, -0.2) is 0 Å². The molecule has 0 saturated carbocycles. The maximum Gasteiger partial charge on any atom is 0.253 e. The zero-order chi connectivity index (χ0) is 5.15. The number of hydrogen-bond acceptors (Lipinski definition) is 2. The highest BCUT2D eigenvalue weighted by Gasteiger charge is 2.01. The van der Waals surface area contributed by atoms with Gasteiger partial charge in [0.15, 0.2) is 5.50 Å². The zero-order valence-corrected chi connectivity index (χ0v) is 4.33. The van der Waals surface area contributed by atoms with Crippen LogP contribution in [0.25, 0.3) is 0 Å². The van der Waals surface area contributed by atoms with E-state index in [-0.39, 0.29) is 0 Å². The topological polar surface area (TPSA) is 43.1 Å². The maximum absolute atomic E-state index is 9.65. The first kappa shape index (κ1) is 6.21. The van der Waals surface area contributed by atoms with Crippen LogP contribution >= 0.6 is 23.2 Å². The van der Waals surface area contributed by atoms with E-state index >= 15 is 0 Å². The van der Waals surface area contributed by atoms with Crippen LogP contribution in [0.1, 0.15) is 0 Å². The third-order valence-electron chi connectivity index (χ3n) is 0.217. The SMILES string of the molecule is NC(Cl)C(=O)Cl. The lowest BCUT2D eigenvalue weighted by atomic mass is 10.8. The van der Waals surface area contributed by atoms with E-state index in [1.165, 1.54) is 0 Å². The van der Waals surface area contributed by atoms with Gasteiger partial charge in [-0.3, -0.25) is 4.79 Å². The molecule has 1 unspecified atom stereocenters. The molecular weight excluding hydrogens is 125 g/mol. The molecule has 0 radical (unpaired) electrons. The van der Waals surface area contributed by atoms with Crippen LogP contribution in [0.5, 0.6) is 0 Å². The highest BCUT2D eigenvalue weighted by molar-refractivity contribution is 6.68. The van der Waals surface area contributed by atoms with Gasteiger partial charge in [-0.15, -0.1) is 0 Å². The van der Waals surface area contributed by atoms with Gasteiger partial charge in [0, 0.05) is 0 Å². The summed E-state index contributed by atoms with van der Waals surface area (Å²) in [5.41, 5.74) is 3.67. The van der Waals surface area contributed by atoms with Gasteiger partial charge in [-0.05, 0) is 11.6 Å². The van der Waals surface area contributed by atoms with Gasteiger partial charge in [0.05, 0.1) is 0 Å². The molecule has 0 bridgehead atoms. The van der Waals surface area contributed by atoms with Crippen molar-refractivity contribution in [2.75, 3.05) is 0 Å². The fraction of sp³-hybridized carbons (Fsp3) is 0.500. The highest BCUT2D eigenvalue weighted by Crippen LogP contribution is 1.89. The van der Waals surface area contributed by atoms with E-state index in [9.17, 15) is 4.79 Å². The molecule has 4 heteroatoms. The smallest absolute Gasteiger partial charge is 0.253 e. The third-order valence-corrected chi connectivity index (χ3v) is 0.762. The Morgan fingerprint density at radius 3 is 2.00 bits per heavy atom. The number of carbonyl (C=O) groups is 1. The number of nitrogens with two attached hydrogens (primary N) is 1. The molecule has 2 nitrogen and oxygen atoms in total. The molecule has 0 spiro atoms. The molecule has 0 aromatic carbocycles. The van der Waals surface area contributed by atoms with Crippen LogP contribution in [0.3, 0.4) is 0 Å². The first-order valence-electron chi connectivity index (χ1n) is 1.23. The van der Waals surface area contributed by atoms with Gasteiger partial charge in [-0.1, -0.05) is 11.6 Å². The minimum Gasteiger partial charge on any atom is -0.308 e. The molecule has 36 valence electrons. The number of carbonyl (C=O) groups excluding carboxylic acids is 1. The lowest BCUT2D eigenvalue weighted by Crippen LogP contribution is -2.18. The minimum atomic E-state index is -1.05. The van der Waals surface area contributed by atoms with E-state index in [2.05, 4.69) is 0 Å². The Kier molecular flexibility index (Phi) is 2.48. The van der Waals surface area contributed by atoms with Crippen molar-refractivity contribution in [2.45, 2.75) is 5.50 Å². The minimum absolute atomic E-state index is 0.725. The van der Waals surface area contributed by atoms with Gasteiger partial charge in [0.2, 0.25) is 0 Å². The van der Waals surface area contributed by atoms with Crippen LogP contribution in [0, 0.1) is 0 Å². The number of hydrogen-bond donors (Lipinski definition) is 1. The molecule has 6 heavy (non-hydrogen) atoms. The van der Waals surface area contributed by atoms with Gasteiger partial charge in [-0.2, -0.15) is 0 Å². The fourth-order valence-corrected chi connectivity index (χ4v) is 0. The zero-order valence-electron chi connectivity index (χ0n) is 2.82. The van der Waals surface area contributed by atoms with Gasteiger partial charge < -0.3 is 5.73 Å². The van der Waals surface area contributed by atoms with Gasteiger partial charge in [0.1, 0.15) is 0 Å². The van der Waals surface area contributed by atoms with E-state index in [1.54, 1.807) is 0 Å². The summed E-state index contributed by atoms with van der Waals surface area (Å²) in [4.78, 5) is 9.65. The Morgan fingerprint density at radius 2 is 2.00 bits per heavy atom. The fourth-order valence-electron chi connectivity index (χ4n) is 0. The maximum atomic E-state index is 9.65. The average Bonchev–Trinajstić information content (AvgIpc) is 1.36. The Labute approximate surface area is 45.2 Å². The summed E-state index contributed by atoms with van der Waals surface area (Å²) >= 11 is 9.63. The Hall–Kier alpha value is 0.210. The molecule has 0 fully saturated rings. The highest BCUT2D eigenvalue weighted by atomic mass is 35.5. The third kappa shape index (κ3) is 2.45. The number of alkyl halides is 1. The second kappa shape index (κ2) is 2.39. The lowest BCUT2D eigenvalue weighted by Gasteiger charge is -1.86. The summed E-state index contributed by atoms with van der Waals surface area (Å²) < 4.78 is 0. The second-order valence-electron chi connectivity index (χ2n) is 0.706. The van der Waals surface area contributed by atoms with Crippen molar-refractivity contribution in [1.82, 2.24) is 0 Å². The van der Waals surface area contributed by atoms with Gasteiger partial charge in [0.25, 0.3) is 5.24 Å². The van der Waals surface area contributed by atoms with Crippen molar-refractivity contribution < 1.29 is 4.79 Å². The van der Waals surface area contributed by atoms with Crippen LogP contribution in [0.2, 0.25) is 0 Å². The molecule has 0 heterocycles. The summed E-state index contributed by atoms with van der Waals surface area (Å²) in [7, 11) is 0. The van der Waals surface area contributed by atoms with E-state index in [0.29, 0.717) is 0 Å². The van der Waals surface area contributed by atoms with Crippen molar-refractivity contribution in [2.24, 2.45) is 5.73 Å². The van der Waals surface area contributed by atoms with Gasteiger partial charge >= 0.3 is 0 Å². The Balaban J connectivity index is 3.26. The summed E-state index contributed by atoms with van der Waals surface area (Å²) in [5, 5.41) is -0.725. The molecule has 1 atom stereocenters. The molecule has 0 saturated heterocycles. The summed E-state index contributed by atoms with van der Waals surface area (Å²) in [6.07, 6.45) is 0. The molecule has 0 amide bonds. The van der Waals surface area contributed by atoms with Crippen molar-refractivity contribution >= 4 is 28.4 Å². The van der Waals surface area contributed by atoms with Crippen LogP contribution in [-0.2, 0) is 4.79 Å². The molecule has 0 aliphatic carbocycles. The quantitative estimate of drug-likeness (QED) is 0.313. The van der Waals surface area contributed by atoms with Crippen molar-refractivity contribution in [1.29, 1.82) is 0 Å². The molecule has 0 aromatic rings. The normalized spacial score (nSPS) is 13.8. The first-order chi connectivity index (χ1) is 2.64. The molecule has 0 aromatic heterocycles. The van der Waals surface area contributed by atoms with Crippen LogP contribution in [0.4, 0.5) is 0 Å². The molecule has 2 N–H and O–H groups in total. The summed E-state index contributed by atoms with van der Waals surface area (Å²) in [6.45, 7) is 0. The summed E-state index contributed by atoms with van der Waals surface area (Å²) in [6, 6.07) is 0. The predicted octanol–water partition coefficient (Wildman–Crippen LogP) is 0.275. The van der Waals surface area contributed by atoms with E-state index in [0.717, 1.165) is 0 Å². The first-order valence-corrected chi connectivity index (χ1v) is 2.05. The Morgan fingerprint density at radius 1 is 1.83 bits per heavy atom. The lowest BCUT2D eigenvalue weighted by molar-refractivity contribution is -0.111. The predicted molar refractivity (Wildman–Crippen MR) is 24.7 cm³/mol. The van der Waals surface area contributed by atoms with E-state index < -0.39 is 10.7 Å². The summed E-state index contributed by atoms with van der Waals surface area (Å²) in [5.74, 6) is 0. The van der Waals surface area contributed by atoms with Crippen molar-refractivity contribution in [3.8, 4) is 0 Å². The van der Waals surface area contributed by atoms with E-state index in [1.807, 2.05) is 0 Å². The van der Waals surface area contributed by atoms with E-state index in [4.69, 9.17) is 28.9 Å². The standard InChI is InChI=1S/C2H3Cl2NO/c3-1(5)2(4)6/h1H,5H2. The number of rotatable bonds is 1. The Bertz CT molecular complexity index is 62.6. The molecule has 0 aliphatic heterocycles. The van der Waals surface area contributed by atoms with Crippen molar-refractivity contribution in [3.05, 3.63) is 0 Å². The second-order valence-corrected chi connectivity index (χ2v) is 1.55. The monoisotopic (exact) mass is 127 g/mol.